The van der Waals surface area contributed by atoms with Gasteiger partial charge in [-0.15, -0.1) is 0 Å². The lowest BCUT2D eigenvalue weighted by Crippen LogP contribution is -2.55. The second-order valence-electron chi connectivity index (χ2n) is 5.66. The fraction of sp³-hybridized carbons (Fsp3) is 0.800. The summed E-state index contributed by atoms with van der Waals surface area (Å²) in [7, 11) is 0. The van der Waals surface area contributed by atoms with Crippen LogP contribution in [0.3, 0.4) is 0 Å². The molecule has 1 rings (SSSR count). The molecule has 1 aliphatic heterocycles. The van der Waals surface area contributed by atoms with Crippen molar-refractivity contribution in [2.24, 2.45) is 0 Å². The molecule has 1 aliphatic rings. The minimum atomic E-state index is -0.234. The van der Waals surface area contributed by atoms with Crippen molar-refractivity contribution in [1.29, 1.82) is 0 Å². The zero-order valence-corrected chi connectivity index (χ0v) is 15.7. The predicted molar refractivity (Wildman–Crippen MR) is 102 cm³/mol. The Labute approximate surface area is 150 Å². The molecule has 23 heavy (non-hydrogen) atoms. The summed E-state index contributed by atoms with van der Waals surface area (Å²) >= 11 is 10.5. The summed E-state index contributed by atoms with van der Waals surface area (Å²) in [5, 5.41) is 7.39. The van der Waals surface area contributed by atoms with Crippen molar-refractivity contribution in [3.63, 3.8) is 0 Å². The lowest BCUT2D eigenvalue weighted by Gasteiger charge is -2.27. The van der Waals surface area contributed by atoms with E-state index in [9.17, 15) is 4.79 Å². The van der Waals surface area contributed by atoms with E-state index < -0.39 is 0 Å². The van der Waals surface area contributed by atoms with Crippen molar-refractivity contribution in [2.45, 2.75) is 58.4 Å². The Morgan fingerprint density at radius 2 is 1.74 bits per heavy atom. The molecule has 0 aromatic carbocycles. The lowest BCUT2D eigenvalue weighted by molar-refractivity contribution is -0.125. The molecule has 0 bridgehead atoms. The van der Waals surface area contributed by atoms with Crippen LogP contribution in [0, 0.1) is 0 Å². The van der Waals surface area contributed by atoms with Crippen LogP contribution < -0.4 is 21.5 Å². The Bertz CT molecular complexity index is 405. The molecule has 0 aliphatic carbocycles. The number of hydrogen-bond donors (Lipinski definition) is 4. The van der Waals surface area contributed by atoms with E-state index in [1.54, 1.807) is 0 Å². The average Bonchev–Trinajstić information content (AvgIpc) is 3.02. The van der Waals surface area contributed by atoms with Gasteiger partial charge in [0, 0.05) is 19.6 Å². The van der Waals surface area contributed by atoms with Gasteiger partial charge in [-0.2, -0.15) is 0 Å². The first-order valence-electron chi connectivity index (χ1n) is 8.48. The summed E-state index contributed by atoms with van der Waals surface area (Å²) in [6, 6.07) is -0.234. The van der Waals surface area contributed by atoms with E-state index in [1.807, 2.05) is 4.90 Å². The molecule has 0 unspecified atom stereocenters. The second kappa shape index (κ2) is 11.4. The number of hydrogen-bond acceptors (Lipinski definition) is 3. The molecule has 0 radical (unpaired) electrons. The highest BCUT2D eigenvalue weighted by molar-refractivity contribution is 7.80. The van der Waals surface area contributed by atoms with Gasteiger partial charge in [0.25, 0.3) is 5.91 Å². The Morgan fingerprint density at radius 1 is 1.09 bits per heavy atom. The normalized spacial score (nSPS) is 16.8. The molecule has 1 saturated heterocycles. The van der Waals surface area contributed by atoms with Crippen LogP contribution >= 0.6 is 24.4 Å². The number of thiocarbonyl (C=S) groups is 2. The van der Waals surface area contributed by atoms with E-state index >= 15 is 0 Å². The summed E-state index contributed by atoms with van der Waals surface area (Å²) in [6.07, 6.45) is 6.10. The quantitative estimate of drug-likeness (QED) is 0.311. The molecule has 0 aromatic rings. The highest BCUT2D eigenvalue weighted by Crippen LogP contribution is 2.17. The fourth-order valence-corrected chi connectivity index (χ4v) is 2.85. The minimum absolute atomic E-state index is 0.0956. The Balaban J connectivity index is 2.35. The maximum atomic E-state index is 12.3. The topological polar surface area (TPSA) is 68.4 Å². The van der Waals surface area contributed by atoms with Crippen molar-refractivity contribution in [1.82, 2.24) is 26.4 Å². The molecular formula is C15H29N5OS2. The molecule has 8 heteroatoms. The van der Waals surface area contributed by atoms with Gasteiger partial charge in [0.1, 0.15) is 6.04 Å². The van der Waals surface area contributed by atoms with E-state index in [1.165, 1.54) is 0 Å². The molecule has 4 N–H and O–H groups in total. The van der Waals surface area contributed by atoms with E-state index in [0.29, 0.717) is 10.2 Å². The first-order valence-corrected chi connectivity index (χ1v) is 9.30. The third-order valence-corrected chi connectivity index (χ3v) is 4.36. The molecular weight excluding hydrogens is 330 g/mol. The summed E-state index contributed by atoms with van der Waals surface area (Å²) in [5.41, 5.74) is 5.44. The van der Waals surface area contributed by atoms with E-state index in [-0.39, 0.29) is 11.9 Å². The molecule has 132 valence electrons. The van der Waals surface area contributed by atoms with Crippen LogP contribution in [0.5, 0.6) is 0 Å². The molecule has 6 nitrogen and oxygen atoms in total. The standard InChI is InChI=1S/C15H29N5OS2/c1-3-5-9-16-14(22)19-18-13(21)12-8-7-11-20(12)15(23)17-10-6-4-2/h12H,3-11H2,1-2H3,(H,17,23)(H,18,21)(H2,16,19,22)/t12-/m0/s1. The number of nitrogens with zero attached hydrogens (tertiary/aromatic N) is 1. The summed E-state index contributed by atoms with van der Waals surface area (Å²) in [6.45, 7) is 6.73. The van der Waals surface area contributed by atoms with Gasteiger partial charge in [0.2, 0.25) is 0 Å². The number of likely N-dealkylation sites (tertiary alicyclic amines) is 1. The van der Waals surface area contributed by atoms with Crippen molar-refractivity contribution in [3.8, 4) is 0 Å². The molecule has 1 fully saturated rings. The summed E-state index contributed by atoms with van der Waals surface area (Å²) < 4.78 is 0. The zero-order valence-electron chi connectivity index (χ0n) is 14.1. The first kappa shape index (κ1) is 19.9. The van der Waals surface area contributed by atoms with Gasteiger partial charge in [0.15, 0.2) is 10.2 Å². The first-order chi connectivity index (χ1) is 11.1. The van der Waals surface area contributed by atoms with Crippen molar-refractivity contribution in [2.75, 3.05) is 19.6 Å². The maximum absolute atomic E-state index is 12.3. The highest BCUT2D eigenvalue weighted by Gasteiger charge is 2.32. The van der Waals surface area contributed by atoms with Gasteiger partial charge in [-0.3, -0.25) is 15.6 Å². The second-order valence-corrected chi connectivity index (χ2v) is 6.46. The third kappa shape index (κ3) is 7.30. The predicted octanol–water partition coefficient (Wildman–Crippen LogP) is 1.42. The summed E-state index contributed by atoms with van der Waals surface area (Å²) in [4.78, 5) is 14.3. The largest absolute Gasteiger partial charge is 0.363 e. The van der Waals surface area contributed by atoms with E-state index in [0.717, 1.165) is 58.2 Å². The molecule has 0 spiro atoms. The molecule has 1 amide bonds. The number of carbonyl (C=O) groups is 1. The fourth-order valence-electron chi connectivity index (χ4n) is 2.38. The van der Waals surface area contributed by atoms with Crippen molar-refractivity contribution < 1.29 is 4.79 Å². The van der Waals surface area contributed by atoms with Gasteiger partial charge in [-0.1, -0.05) is 26.7 Å². The van der Waals surface area contributed by atoms with Crippen LogP contribution in [-0.2, 0) is 4.79 Å². The molecule has 1 atom stereocenters. The van der Waals surface area contributed by atoms with Gasteiger partial charge < -0.3 is 15.5 Å². The Hall–Kier alpha value is -1.15. The molecule has 0 saturated carbocycles. The molecule has 0 aromatic heterocycles. The van der Waals surface area contributed by atoms with Gasteiger partial charge >= 0.3 is 0 Å². The number of carbonyl (C=O) groups excluding carboxylic acids is 1. The van der Waals surface area contributed by atoms with Crippen LogP contribution in [-0.4, -0.2) is 46.7 Å². The highest BCUT2D eigenvalue weighted by atomic mass is 32.1. The van der Waals surface area contributed by atoms with Crippen molar-refractivity contribution in [3.05, 3.63) is 0 Å². The van der Waals surface area contributed by atoms with E-state index in [4.69, 9.17) is 24.4 Å². The van der Waals surface area contributed by atoms with E-state index in [2.05, 4.69) is 35.3 Å². The van der Waals surface area contributed by atoms with Crippen LogP contribution in [0.25, 0.3) is 0 Å². The zero-order chi connectivity index (χ0) is 17.1. The van der Waals surface area contributed by atoms with Gasteiger partial charge in [0.05, 0.1) is 0 Å². The SMILES string of the molecule is CCCCNC(=S)NNC(=O)[C@@H]1CCCN1C(=S)NCCCC. The van der Waals surface area contributed by atoms with Gasteiger partial charge in [-0.05, 0) is 50.1 Å². The Morgan fingerprint density at radius 3 is 2.39 bits per heavy atom. The lowest BCUT2D eigenvalue weighted by atomic mass is 10.2. The number of rotatable bonds is 7. The number of unbranched alkanes of at least 4 members (excludes halogenated alkanes) is 2. The summed E-state index contributed by atoms with van der Waals surface area (Å²) in [5.74, 6) is -0.0956. The average molecular weight is 360 g/mol. The van der Waals surface area contributed by atoms with Crippen molar-refractivity contribution >= 4 is 40.6 Å². The maximum Gasteiger partial charge on any atom is 0.261 e. The van der Waals surface area contributed by atoms with Crippen LogP contribution in [0.1, 0.15) is 52.4 Å². The molecule has 1 heterocycles. The van der Waals surface area contributed by atoms with Gasteiger partial charge in [-0.25, -0.2) is 0 Å². The van der Waals surface area contributed by atoms with Crippen LogP contribution in [0.2, 0.25) is 0 Å². The number of hydrazine groups is 1. The van der Waals surface area contributed by atoms with Crippen LogP contribution in [0.15, 0.2) is 0 Å². The Kier molecular flexibility index (Phi) is 9.86. The number of nitrogens with one attached hydrogen (secondary N) is 4. The monoisotopic (exact) mass is 359 g/mol. The third-order valence-electron chi connectivity index (χ3n) is 3.74. The van der Waals surface area contributed by atoms with Crippen LogP contribution in [0.4, 0.5) is 0 Å². The minimum Gasteiger partial charge on any atom is -0.363 e. The number of amides is 1. The smallest absolute Gasteiger partial charge is 0.261 e.